The molecule has 2 aromatic carbocycles. The van der Waals surface area contributed by atoms with E-state index in [9.17, 15) is 9.90 Å². The molecule has 5 heteroatoms. The second-order valence-electron chi connectivity index (χ2n) is 5.41. The second kappa shape index (κ2) is 8.24. The number of aryl methyl sites for hydroxylation is 1. The van der Waals surface area contributed by atoms with Gasteiger partial charge in [-0.15, -0.1) is 0 Å². The van der Waals surface area contributed by atoms with Crippen molar-refractivity contribution < 1.29 is 24.1 Å². The molecule has 1 N–H and O–H groups in total. The maximum Gasteiger partial charge on any atom is 0.336 e. The molecule has 0 radical (unpaired) electrons. The van der Waals surface area contributed by atoms with Crippen molar-refractivity contribution in [3.05, 3.63) is 53.1 Å². The minimum atomic E-state index is -1.03. The van der Waals surface area contributed by atoms with Crippen molar-refractivity contribution in [3.63, 3.8) is 0 Å². The molecule has 0 aliphatic heterocycles. The average molecular weight is 342 g/mol. The molecule has 0 unspecified atom stereocenters. The fourth-order valence-electron chi connectivity index (χ4n) is 2.50. The lowest BCUT2D eigenvalue weighted by Crippen LogP contribution is -2.02. The van der Waals surface area contributed by atoms with Crippen molar-refractivity contribution in [2.45, 2.75) is 13.8 Å². The van der Waals surface area contributed by atoms with Crippen molar-refractivity contribution in [2.24, 2.45) is 0 Å². The highest BCUT2D eigenvalue weighted by atomic mass is 16.5. The summed E-state index contributed by atoms with van der Waals surface area (Å²) in [6.45, 7) is 4.31. The second-order valence-corrected chi connectivity index (χ2v) is 5.41. The lowest BCUT2D eigenvalue weighted by Gasteiger charge is -2.12. The molecule has 0 amide bonds. The smallest absolute Gasteiger partial charge is 0.336 e. The lowest BCUT2D eigenvalue weighted by atomic mass is 9.99. The molecule has 132 valence electrons. The summed E-state index contributed by atoms with van der Waals surface area (Å²) in [6, 6.07) is 10.7. The molecule has 0 bridgehead atoms. The highest BCUT2D eigenvalue weighted by Gasteiger charge is 2.16. The van der Waals surface area contributed by atoms with Crippen LogP contribution in [-0.2, 0) is 4.79 Å². The third kappa shape index (κ3) is 4.32. The minimum Gasteiger partial charge on any atom is -0.496 e. The van der Waals surface area contributed by atoms with E-state index in [1.807, 2.05) is 19.9 Å². The zero-order valence-corrected chi connectivity index (χ0v) is 14.8. The third-order valence-electron chi connectivity index (χ3n) is 3.67. The van der Waals surface area contributed by atoms with Crippen LogP contribution in [0.25, 0.3) is 11.6 Å². The van der Waals surface area contributed by atoms with E-state index >= 15 is 0 Å². The molecular formula is C20H22O5. The van der Waals surface area contributed by atoms with Crippen LogP contribution in [0.3, 0.4) is 0 Å². The molecule has 0 atom stereocenters. The Kier molecular flexibility index (Phi) is 6.06. The van der Waals surface area contributed by atoms with Crippen LogP contribution in [0.2, 0.25) is 0 Å². The highest BCUT2D eigenvalue weighted by molar-refractivity contribution is 6.21. The van der Waals surface area contributed by atoms with Crippen LogP contribution in [0.4, 0.5) is 0 Å². The van der Waals surface area contributed by atoms with Gasteiger partial charge in [-0.05, 0) is 49.8 Å². The first-order chi connectivity index (χ1) is 12.0. The number of benzene rings is 2. The predicted octanol–water partition coefficient (Wildman–Crippen LogP) is 4.04. The van der Waals surface area contributed by atoms with E-state index < -0.39 is 5.97 Å². The van der Waals surface area contributed by atoms with E-state index in [2.05, 4.69) is 0 Å². The first kappa shape index (κ1) is 18.4. The molecule has 2 aromatic rings. The van der Waals surface area contributed by atoms with Gasteiger partial charge in [0.25, 0.3) is 0 Å². The van der Waals surface area contributed by atoms with Crippen LogP contribution < -0.4 is 14.2 Å². The fraction of sp³-hybridized carbons (Fsp3) is 0.250. The quantitative estimate of drug-likeness (QED) is 0.608. The van der Waals surface area contributed by atoms with Gasteiger partial charge in [0.05, 0.1) is 26.4 Å². The summed E-state index contributed by atoms with van der Waals surface area (Å²) in [5.41, 5.74) is 2.32. The van der Waals surface area contributed by atoms with Crippen LogP contribution in [0.1, 0.15) is 23.6 Å². The Hall–Kier alpha value is -2.95. The van der Waals surface area contributed by atoms with Crippen molar-refractivity contribution in [3.8, 4) is 17.2 Å². The SMILES string of the molecule is CCOc1ccc(/C=C(\C(=O)O)c2cc(C)ccc2OC)cc1OC. The largest absolute Gasteiger partial charge is 0.496 e. The van der Waals surface area contributed by atoms with E-state index in [1.54, 1.807) is 43.5 Å². The van der Waals surface area contributed by atoms with Crippen LogP contribution in [0.5, 0.6) is 17.2 Å². The molecule has 5 nitrogen and oxygen atoms in total. The van der Waals surface area contributed by atoms with E-state index in [0.717, 1.165) is 5.56 Å². The fourth-order valence-corrected chi connectivity index (χ4v) is 2.50. The number of carbonyl (C=O) groups is 1. The Morgan fingerprint density at radius 3 is 2.32 bits per heavy atom. The number of rotatable bonds is 7. The molecular weight excluding hydrogens is 320 g/mol. The Bertz CT molecular complexity index is 793. The third-order valence-corrected chi connectivity index (χ3v) is 3.67. The first-order valence-corrected chi connectivity index (χ1v) is 7.91. The number of carboxylic acid groups (broad SMARTS) is 1. The highest BCUT2D eigenvalue weighted by Crippen LogP contribution is 2.32. The summed E-state index contributed by atoms with van der Waals surface area (Å²) in [5.74, 6) is 0.651. The number of aliphatic carboxylic acids is 1. The monoisotopic (exact) mass is 342 g/mol. The van der Waals surface area contributed by atoms with Crippen LogP contribution >= 0.6 is 0 Å². The van der Waals surface area contributed by atoms with Gasteiger partial charge in [-0.1, -0.05) is 17.7 Å². The molecule has 2 rings (SSSR count). The predicted molar refractivity (Wildman–Crippen MR) is 97.4 cm³/mol. The van der Waals surface area contributed by atoms with Crippen molar-refractivity contribution in [1.82, 2.24) is 0 Å². The van der Waals surface area contributed by atoms with Crippen LogP contribution in [0.15, 0.2) is 36.4 Å². The van der Waals surface area contributed by atoms with Gasteiger partial charge in [-0.2, -0.15) is 0 Å². The molecule has 0 aliphatic rings. The van der Waals surface area contributed by atoms with E-state index in [0.29, 0.717) is 35.0 Å². The summed E-state index contributed by atoms with van der Waals surface area (Å²) in [7, 11) is 3.07. The van der Waals surface area contributed by atoms with Gasteiger partial charge in [0, 0.05) is 5.56 Å². The van der Waals surface area contributed by atoms with Gasteiger partial charge < -0.3 is 19.3 Å². The van der Waals surface area contributed by atoms with Gasteiger partial charge in [0.1, 0.15) is 5.75 Å². The average Bonchev–Trinajstić information content (AvgIpc) is 2.60. The number of methoxy groups -OCH3 is 2. The molecule has 0 fully saturated rings. The van der Waals surface area contributed by atoms with Gasteiger partial charge in [0.2, 0.25) is 0 Å². The Labute approximate surface area is 147 Å². The van der Waals surface area contributed by atoms with E-state index in [1.165, 1.54) is 7.11 Å². The van der Waals surface area contributed by atoms with Crippen LogP contribution in [0, 0.1) is 6.92 Å². The van der Waals surface area contributed by atoms with Gasteiger partial charge >= 0.3 is 5.97 Å². The standard InChI is InChI=1S/C20H22O5/c1-5-25-18-9-7-14(12-19(18)24-4)11-16(20(21)22)15-10-13(2)6-8-17(15)23-3/h6-12H,5H2,1-4H3,(H,21,22)/b16-11-. The molecule has 0 aromatic heterocycles. The number of hydrogen-bond acceptors (Lipinski definition) is 4. The van der Waals surface area contributed by atoms with Gasteiger partial charge in [0.15, 0.2) is 11.5 Å². The molecule has 0 saturated carbocycles. The summed E-state index contributed by atoms with van der Waals surface area (Å²) < 4.78 is 16.1. The van der Waals surface area contributed by atoms with Crippen LogP contribution in [-0.4, -0.2) is 31.9 Å². The zero-order valence-electron chi connectivity index (χ0n) is 14.8. The molecule has 0 saturated heterocycles. The van der Waals surface area contributed by atoms with Crippen molar-refractivity contribution in [1.29, 1.82) is 0 Å². The minimum absolute atomic E-state index is 0.145. The van der Waals surface area contributed by atoms with Crippen molar-refractivity contribution >= 4 is 17.6 Å². The summed E-state index contributed by atoms with van der Waals surface area (Å²) in [5, 5.41) is 9.68. The topological polar surface area (TPSA) is 65.0 Å². The number of ether oxygens (including phenoxy) is 3. The normalized spacial score (nSPS) is 11.1. The van der Waals surface area contributed by atoms with Crippen molar-refractivity contribution in [2.75, 3.05) is 20.8 Å². The summed E-state index contributed by atoms with van der Waals surface area (Å²) in [4.78, 5) is 11.8. The zero-order chi connectivity index (χ0) is 18.4. The van der Waals surface area contributed by atoms with Gasteiger partial charge in [-0.25, -0.2) is 4.79 Å². The molecule has 0 spiro atoms. The maximum atomic E-state index is 11.8. The molecule has 25 heavy (non-hydrogen) atoms. The van der Waals surface area contributed by atoms with Gasteiger partial charge in [-0.3, -0.25) is 0 Å². The Morgan fingerprint density at radius 1 is 1.04 bits per heavy atom. The summed E-state index contributed by atoms with van der Waals surface area (Å²) >= 11 is 0. The van der Waals surface area contributed by atoms with E-state index in [-0.39, 0.29) is 5.57 Å². The molecule has 0 heterocycles. The number of carboxylic acids is 1. The Morgan fingerprint density at radius 2 is 1.72 bits per heavy atom. The number of hydrogen-bond donors (Lipinski definition) is 1. The summed E-state index contributed by atoms with van der Waals surface area (Å²) in [6.07, 6.45) is 1.60. The van der Waals surface area contributed by atoms with E-state index in [4.69, 9.17) is 14.2 Å². The lowest BCUT2D eigenvalue weighted by molar-refractivity contribution is -0.130. The Balaban J connectivity index is 2.55. The first-order valence-electron chi connectivity index (χ1n) is 7.91. The maximum absolute atomic E-state index is 11.8. The molecule has 0 aliphatic carbocycles.